The van der Waals surface area contributed by atoms with Crippen molar-refractivity contribution in [3.8, 4) is 5.75 Å². The molecule has 1 heterocycles. The van der Waals surface area contributed by atoms with E-state index in [2.05, 4.69) is 0 Å². The van der Waals surface area contributed by atoms with E-state index >= 15 is 0 Å². The average molecular weight is 302 g/mol. The number of ether oxygens (including phenoxy) is 2. The van der Waals surface area contributed by atoms with Gasteiger partial charge in [-0.25, -0.2) is 4.79 Å². The van der Waals surface area contributed by atoms with Gasteiger partial charge in [-0.1, -0.05) is 30.0 Å². The predicted molar refractivity (Wildman–Crippen MR) is 79.8 cm³/mol. The van der Waals surface area contributed by atoms with Crippen molar-refractivity contribution in [1.82, 2.24) is 0 Å². The third kappa shape index (κ3) is 3.04. The van der Waals surface area contributed by atoms with Gasteiger partial charge in [0.15, 0.2) is 0 Å². The smallest absolute Gasteiger partial charge is 0.334 e. The minimum Gasteiger partial charge on any atom is -0.463 e. The number of carbonyl (C=O) groups excluding carboxylic acids is 1. The first-order chi connectivity index (χ1) is 10.3. The van der Waals surface area contributed by atoms with Gasteiger partial charge in [0.1, 0.15) is 12.4 Å². The van der Waals surface area contributed by atoms with Gasteiger partial charge in [0.2, 0.25) is 0 Å². The number of esters is 1. The monoisotopic (exact) mass is 302 g/mol. The Morgan fingerprint density at radius 1 is 1.33 bits per heavy atom. The fourth-order valence-electron chi connectivity index (χ4n) is 2.09. The van der Waals surface area contributed by atoms with Gasteiger partial charge < -0.3 is 14.6 Å². The van der Waals surface area contributed by atoms with Crippen molar-refractivity contribution in [1.29, 1.82) is 0 Å². The van der Waals surface area contributed by atoms with Gasteiger partial charge in [-0.05, 0) is 18.2 Å². The molecular formula is C16H14O4S. The van der Waals surface area contributed by atoms with Gasteiger partial charge >= 0.3 is 5.97 Å². The zero-order chi connectivity index (χ0) is 14.7. The molecule has 0 atom stereocenters. The molecule has 4 nitrogen and oxygen atoms in total. The van der Waals surface area contributed by atoms with E-state index in [-0.39, 0.29) is 13.2 Å². The predicted octanol–water partition coefficient (Wildman–Crippen LogP) is 2.80. The average Bonchev–Trinajstić information content (AvgIpc) is 2.71. The summed E-state index contributed by atoms with van der Waals surface area (Å²) in [6.07, 6.45) is 5.84. The molecule has 2 aliphatic rings. The van der Waals surface area contributed by atoms with Crippen LogP contribution in [0.5, 0.6) is 5.75 Å². The topological polar surface area (TPSA) is 55.8 Å². The third-order valence-corrected chi connectivity index (χ3v) is 4.29. The highest BCUT2D eigenvalue weighted by molar-refractivity contribution is 8.03. The van der Waals surface area contributed by atoms with Crippen LogP contribution >= 0.6 is 11.8 Å². The molecule has 1 aromatic carbocycles. The number of thioether (sulfide) groups is 1. The SMILES string of the molecule is O=C(OCCO)C1=CC=C2Sc3ccccc3OC=C2C1. The molecule has 0 amide bonds. The summed E-state index contributed by atoms with van der Waals surface area (Å²) in [5.74, 6) is 0.418. The van der Waals surface area contributed by atoms with Crippen LogP contribution in [0.2, 0.25) is 0 Å². The van der Waals surface area contributed by atoms with Gasteiger partial charge in [-0.15, -0.1) is 0 Å². The maximum atomic E-state index is 11.8. The molecule has 1 aliphatic heterocycles. The second-order valence-electron chi connectivity index (χ2n) is 4.57. The highest BCUT2D eigenvalue weighted by Gasteiger charge is 2.22. The summed E-state index contributed by atoms with van der Waals surface area (Å²) in [5, 5.41) is 8.69. The molecule has 0 saturated heterocycles. The van der Waals surface area contributed by atoms with Crippen molar-refractivity contribution in [2.45, 2.75) is 11.3 Å². The number of benzene rings is 1. The maximum Gasteiger partial charge on any atom is 0.334 e. The standard InChI is InChI=1S/C16H14O4S/c17-7-8-19-16(18)11-5-6-14-12(9-11)10-20-13-3-1-2-4-15(13)21-14/h1-6,10,17H,7-9H2. The molecule has 0 fully saturated rings. The molecule has 5 heteroatoms. The van der Waals surface area contributed by atoms with E-state index in [0.29, 0.717) is 12.0 Å². The normalized spacial score (nSPS) is 16.3. The number of aliphatic hydroxyl groups is 1. The quantitative estimate of drug-likeness (QED) is 0.870. The first-order valence-electron chi connectivity index (χ1n) is 6.60. The van der Waals surface area contributed by atoms with Crippen molar-refractivity contribution < 1.29 is 19.4 Å². The van der Waals surface area contributed by atoms with Crippen molar-refractivity contribution in [3.63, 3.8) is 0 Å². The van der Waals surface area contributed by atoms with Crippen LogP contribution in [0.3, 0.4) is 0 Å². The molecule has 3 rings (SSSR count). The molecule has 0 radical (unpaired) electrons. The number of rotatable bonds is 3. The van der Waals surface area contributed by atoms with Crippen LogP contribution in [0.25, 0.3) is 0 Å². The van der Waals surface area contributed by atoms with E-state index < -0.39 is 5.97 Å². The van der Waals surface area contributed by atoms with Crippen molar-refractivity contribution >= 4 is 17.7 Å². The molecule has 0 bridgehead atoms. The number of carbonyl (C=O) groups is 1. The highest BCUT2D eigenvalue weighted by Crippen LogP contribution is 2.43. The second kappa shape index (κ2) is 6.20. The van der Waals surface area contributed by atoms with Gasteiger partial charge in [0, 0.05) is 22.5 Å². The van der Waals surface area contributed by atoms with Gasteiger partial charge in [-0.3, -0.25) is 0 Å². The number of para-hydroxylation sites is 1. The Morgan fingerprint density at radius 3 is 3.05 bits per heavy atom. The van der Waals surface area contributed by atoms with Crippen molar-refractivity contribution in [3.05, 3.63) is 58.7 Å². The third-order valence-electron chi connectivity index (χ3n) is 3.12. The summed E-state index contributed by atoms with van der Waals surface area (Å²) >= 11 is 1.62. The number of allylic oxidation sites excluding steroid dienone is 3. The van der Waals surface area contributed by atoms with Gasteiger partial charge in [0.25, 0.3) is 0 Å². The Morgan fingerprint density at radius 2 is 2.19 bits per heavy atom. The lowest BCUT2D eigenvalue weighted by Crippen LogP contribution is -2.13. The Balaban J connectivity index is 1.82. The van der Waals surface area contributed by atoms with E-state index in [1.165, 1.54) is 0 Å². The summed E-state index contributed by atoms with van der Waals surface area (Å²) in [4.78, 5) is 13.9. The van der Waals surface area contributed by atoms with E-state index in [1.54, 1.807) is 24.1 Å². The van der Waals surface area contributed by atoms with Crippen LogP contribution in [-0.2, 0) is 9.53 Å². The van der Waals surface area contributed by atoms with E-state index in [0.717, 1.165) is 21.1 Å². The summed E-state index contributed by atoms with van der Waals surface area (Å²) in [7, 11) is 0. The van der Waals surface area contributed by atoms with Gasteiger partial charge in [-0.2, -0.15) is 0 Å². The Labute approximate surface area is 126 Å². The minimum atomic E-state index is -0.396. The Kier molecular flexibility index (Phi) is 4.13. The largest absolute Gasteiger partial charge is 0.463 e. The summed E-state index contributed by atoms with van der Waals surface area (Å²) in [6.45, 7) is -0.153. The molecule has 1 aliphatic carbocycles. The summed E-state index contributed by atoms with van der Waals surface area (Å²) < 4.78 is 10.6. The lowest BCUT2D eigenvalue weighted by molar-refractivity contribution is -0.140. The van der Waals surface area contributed by atoms with E-state index in [4.69, 9.17) is 14.6 Å². The lowest BCUT2D eigenvalue weighted by atomic mass is 10.0. The molecule has 1 aromatic rings. The zero-order valence-electron chi connectivity index (χ0n) is 11.2. The molecule has 0 saturated carbocycles. The van der Waals surface area contributed by atoms with E-state index in [9.17, 15) is 4.79 Å². The number of fused-ring (bicyclic) bond motifs is 2. The molecule has 0 aromatic heterocycles. The highest BCUT2D eigenvalue weighted by atomic mass is 32.2. The molecule has 0 unspecified atom stereocenters. The van der Waals surface area contributed by atoms with Crippen molar-refractivity contribution in [2.75, 3.05) is 13.2 Å². The summed E-state index contributed by atoms with van der Waals surface area (Å²) in [5.41, 5.74) is 1.52. The van der Waals surface area contributed by atoms with Crippen LogP contribution in [0.4, 0.5) is 0 Å². The van der Waals surface area contributed by atoms with Crippen LogP contribution in [0.1, 0.15) is 6.42 Å². The Bertz CT molecular complexity index is 658. The second-order valence-corrected chi connectivity index (χ2v) is 5.65. The van der Waals surface area contributed by atoms with E-state index in [1.807, 2.05) is 30.3 Å². The fraction of sp³-hybridized carbons (Fsp3) is 0.188. The number of aliphatic hydroxyl groups excluding tert-OH is 1. The fourth-order valence-corrected chi connectivity index (χ4v) is 3.08. The lowest BCUT2D eigenvalue weighted by Gasteiger charge is -2.15. The first-order valence-corrected chi connectivity index (χ1v) is 7.41. The molecule has 0 spiro atoms. The first kappa shape index (κ1) is 14.0. The van der Waals surface area contributed by atoms with Crippen LogP contribution in [0.15, 0.2) is 63.6 Å². The minimum absolute atomic E-state index is 0.0164. The molecule has 1 N–H and O–H groups in total. The van der Waals surface area contributed by atoms with Crippen LogP contribution in [-0.4, -0.2) is 24.3 Å². The summed E-state index contributed by atoms with van der Waals surface area (Å²) in [6, 6.07) is 7.82. The molecule has 21 heavy (non-hydrogen) atoms. The maximum absolute atomic E-state index is 11.8. The Hall–Kier alpha value is -1.98. The zero-order valence-corrected chi connectivity index (χ0v) is 12.1. The molecular weight excluding hydrogens is 288 g/mol. The van der Waals surface area contributed by atoms with Crippen LogP contribution < -0.4 is 4.74 Å². The molecule has 108 valence electrons. The number of hydrogen-bond acceptors (Lipinski definition) is 5. The van der Waals surface area contributed by atoms with Crippen LogP contribution in [0, 0.1) is 0 Å². The van der Waals surface area contributed by atoms with Crippen molar-refractivity contribution in [2.24, 2.45) is 0 Å². The van der Waals surface area contributed by atoms with Gasteiger partial charge in [0.05, 0.1) is 17.8 Å². The number of hydrogen-bond donors (Lipinski definition) is 1.